The average molecular weight is 226 g/mol. The highest BCUT2D eigenvalue weighted by atomic mass is 35.5. The number of hydrogen-bond donors (Lipinski definition) is 1. The number of nitrogens with zero attached hydrogens (tertiary/aromatic N) is 1. The molecule has 15 heavy (non-hydrogen) atoms. The number of aliphatic hydroxyl groups is 1. The summed E-state index contributed by atoms with van der Waals surface area (Å²) in [4.78, 5) is 0. The highest BCUT2D eigenvalue weighted by molar-refractivity contribution is 6.30. The summed E-state index contributed by atoms with van der Waals surface area (Å²) in [7, 11) is 0. The van der Waals surface area contributed by atoms with Crippen molar-refractivity contribution in [1.82, 2.24) is 0 Å². The van der Waals surface area contributed by atoms with E-state index in [-0.39, 0.29) is 17.5 Å². The number of nitriles is 1. The molecule has 1 aliphatic rings. The van der Waals surface area contributed by atoms with Crippen molar-refractivity contribution in [3.8, 4) is 6.07 Å². The first kappa shape index (κ1) is 10.4. The number of benzene rings is 1. The van der Waals surface area contributed by atoms with Crippen LogP contribution in [0.25, 0.3) is 0 Å². The summed E-state index contributed by atoms with van der Waals surface area (Å²) in [5, 5.41) is 18.1. The Labute approximate surface area is 91.9 Å². The molecule has 0 bridgehead atoms. The van der Waals surface area contributed by atoms with Gasteiger partial charge in [0.25, 0.3) is 0 Å². The molecule has 1 fully saturated rings. The molecular formula is C11H9ClFNO. The average Bonchev–Trinajstić information content (AvgIpc) is 2.97. The van der Waals surface area contributed by atoms with Crippen LogP contribution in [0.4, 0.5) is 4.39 Å². The third kappa shape index (κ3) is 1.50. The maximum atomic E-state index is 13.2. The summed E-state index contributed by atoms with van der Waals surface area (Å²) in [6.45, 7) is -0.0438. The van der Waals surface area contributed by atoms with Crippen molar-refractivity contribution >= 4 is 11.6 Å². The lowest BCUT2D eigenvalue weighted by molar-refractivity contribution is 0.269. The Morgan fingerprint density at radius 1 is 1.67 bits per heavy atom. The lowest BCUT2D eigenvalue weighted by Gasteiger charge is -2.08. The van der Waals surface area contributed by atoms with Crippen LogP contribution in [0, 0.1) is 23.1 Å². The molecule has 1 saturated carbocycles. The first-order valence-corrected chi connectivity index (χ1v) is 4.99. The molecule has 0 aliphatic heterocycles. The van der Waals surface area contributed by atoms with Gasteiger partial charge in [0.15, 0.2) is 0 Å². The number of hydrogen-bond acceptors (Lipinski definition) is 2. The van der Waals surface area contributed by atoms with Crippen LogP contribution in [0.15, 0.2) is 18.2 Å². The van der Waals surface area contributed by atoms with Crippen molar-refractivity contribution in [1.29, 1.82) is 5.26 Å². The van der Waals surface area contributed by atoms with Gasteiger partial charge in [-0.2, -0.15) is 5.26 Å². The van der Waals surface area contributed by atoms with Crippen LogP contribution in [0.1, 0.15) is 12.0 Å². The molecule has 2 atom stereocenters. The third-order valence-electron chi connectivity index (χ3n) is 2.96. The van der Waals surface area contributed by atoms with Crippen molar-refractivity contribution < 1.29 is 9.50 Å². The van der Waals surface area contributed by atoms with Gasteiger partial charge in [0, 0.05) is 12.5 Å². The van der Waals surface area contributed by atoms with E-state index in [0.717, 1.165) is 0 Å². The van der Waals surface area contributed by atoms with Crippen molar-refractivity contribution in [2.24, 2.45) is 5.92 Å². The second-order valence-electron chi connectivity index (χ2n) is 3.80. The van der Waals surface area contributed by atoms with Crippen LogP contribution < -0.4 is 0 Å². The van der Waals surface area contributed by atoms with E-state index < -0.39 is 11.2 Å². The number of halogens is 2. The van der Waals surface area contributed by atoms with Crippen molar-refractivity contribution in [3.05, 3.63) is 34.6 Å². The Kier molecular flexibility index (Phi) is 2.41. The van der Waals surface area contributed by atoms with Crippen LogP contribution in [0.3, 0.4) is 0 Å². The smallest absolute Gasteiger partial charge is 0.142 e. The minimum atomic E-state index is -0.708. The Balaban J connectivity index is 2.39. The molecule has 1 aliphatic carbocycles. The van der Waals surface area contributed by atoms with Gasteiger partial charge in [0.05, 0.1) is 16.5 Å². The largest absolute Gasteiger partial charge is 0.396 e. The van der Waals surface area contributed by atoms with Crippen LogP contribution in [0.5, 0.6) is 0 Å². The van der Waals surface area contributed by atoms with Crippen LogP contribution in [-0.4, -0.2) is 11.7 Å². The SMILES string of the molecule is N#CC1(c2ccc(Cl)c(F)c2)C[C@H]1CO. The van der Waals surface area contributed by atoms with Gasteiger partial charge in [-0.25, -0.2) is 4.39 Å². The zero-order valence-corrected chi connectivity index (χ0v) is 8.63. The molecule has 2 nitrogen and oxygen atoms in total. The fourth-order valence-electron chi connectivity index (χ4n) is 1.88. The molecule has 1 unspecified atom stereocenters. The molecule has 1 aromatic carbocycles. The van der Waals surface area contributed by atoms with Gasteiger partial charge in [-0.15, -0.1) is 0 Å². The summed E-state index contributed by atoms with van der Waals surface area (Å²) in [5.41, 5.74) is -0.105. The van der Waals surface area contributed by atoms with Crippen LogP contribution >= 0.6 is 11.6 Å². The highest BCUT2D eigenvalue weighted by Crippen LogP contribution is 2.53. The van der Waals surface area contributed by atoms with Gasteiger partial charge in [-0.3, -0.25) is 0 Å². The molecule has 0 spiro atoms. The van der Waals surface area contributed by atoms with Gasteiger partial charge in [-0.1, -0.05) is 17.7 Å². The highest BCUT2D eigenvalue weighted by Gasteiger charge is 2.55. The molecule has 2 rings (SSSR count). The summed E-state index contributed by atoms with van der Waals surface area (Å²) in [6, 6.07) is 6.51. The van der Waals surface area contributed by atoms with Crippen LogP contribution in [-0.2, 0) is 5.41 Å². The molecule has 4 heteroatoms. The topological polar surface area (TPSA) is 44.0 Å². The molecule has 0 heterocycles. The van der Waals surface area contributed by atoms with Gasteiger partial charge < -0.3 is 5.11 Å². The fourth-order valence-corrected chi connectivity index (χ4v) is 2.00. The zero-order valence-electron chi connectivity index (χ0n) is 7.87. The summed E-state index contributed by atoms with van der Waals surface area (Å²) in [5.74, 6) is -0.601. The van der Waals surface area contributed by atoms with E-state index in [9.17, 15) is 4.39 Å². The Bertz CT molecular complexity index is 443. The van der Waals surface area contributed by atoms with E-state index in [1.54, 1.807) is 6.07 Å². The van der Waals surface area contributed by atoms with Crippen molar-refractivity contribution in [2.45, 2.75) is 11.8 Å². The zero-order chi connectivity index (χ0) is 11.1. The van der Waals surface area contributed by atoms with E-state index in [4.69, 9.17) is 22.0 Å². The van der Waals surface area contributed by atoms with Crippen molar-refractivity contribution in [3.63, 3.8) is 0 Å². The minimum absolute atomic E-state index is 0.0438. The Morgan fingerprint density at radius 2 is 2.40 bits per heavy atom. The maximum absolute atomic E-state index is 13.2. The first-order valence-electron chi connectivity index (χ1n) is 4.61. The van der Waals surface area contributed by atoms with Crippen molar-refractivity contribution in [2.75, 3.05) is 6.61 Å². The molecular weight excluding hydrogens is 217 g/mol. The number of aliphatic hydroxyl groups excluding tert-OH is 1. The predicted molar refractivity (Wildman–Crippen MR) is 53.9 cm³/mol. The second kappa shape index (κ2) is 3.48. The third-order valence-corrected chi connectivity index (χ3v) is 3.27. The molecule has 1 aromatic rings. The van der Waals surface area contributed by atoms with Crippen LogP contribution in [0.2, 0.25) is 5.02 Å². The maximum Gasteiger partial charge on any atom is 0.142 e. The van der Waals surface area contributed by atoms with E-state index in [1.165, 1.54) is 12.1 Å². The Morgan fingerprint density at radius 3 is 2.87 bits per heavy atom. The summed E-state index contributed by atoms with van der Waals surface area (Å²) >= 11 is 5.56. The molecule has 0 saturated heterocycles. The van der Waals surface area contributed by atoms with Gasteiger partial charge >= 0.3 is 0 Å². The van der Waals surface area contributed by atoms with Gasteiger partial charge in [-0.05, 0) is 24.1 Å². The molecule has 0 amide bonds. The summed E-state index contributed by atoms with van der Waals surface area (Å²) in [6.07, 6.45) is 0.584. The number of rotatable bonds is 2. The monoisotopic (exact) mass is 225 g/mol. The minimum Gasteiger partial charge on any atom is -0.396 e. The lowest BCUT2D eigenvalue weighted by Crippen LogP contribution is -2.09. The molecule has 0 aromatic heterocycles. The quantitative estimate of drug-likeness (QED) is 0.839. The van der Waals surface area contributed by atoms with E-state index in [2.05, 4.69) is 6.07 Å². The van der Waals surface area contributed by atoms with Gasteiger partial charge in [0.1, 0.15) is 5.82 Å². The molecule has 1 N–H and O–H groups in total. The predicted octanol–water partition coefficient (Wildman–Crippen LogP) is 2.25. The van der Waals surface area contributed by atoms with E-state index in [1.807, 2.05) is 0 Å². The lowest BCUT2D eigenvalue weighted by atomic mass is 9.95. The normalized spacial score (nSPS) is 28.5. The fraction of sp³-hybridized carbons (Fsp3) is 0.364. The van der Waals surface area contributed by atoms with E-state index in [0.29, 0.717) is 12.0 Å². The first-order chi connectivity index (χ1) is 7.14. The Hall–Kier alpha value is -1.11. The summed E-state index contributed by atoms with van der Waals surface area (Å²) < 4.78 is 13.2. The standard InChI is InChI=1S/C11H9ClFNO/c12-9-2-1-7(3-10(9)13)11(6-14)4-8(11)5-15/h1-3,8,15H,4-5H2/t8-,11?/m0/s1. The van der Waals surface area contributed by atoms with Gasteiger partial charge in [0.2, 0.25) is 0 Å². The van der Waals surface area contributed by atoms with E-state index >= 15 is 0 Å². The second-order valence-corrected chi connectivity index (χ2v) is 4.20. The molecule has 0 radical (unpaired) electrons. The molecule has 78 valence electrons.